The van der Waals surface area contributed by atoms with Crippen molar-refractivity contribution in [3.63, 3.8) is 0 Å². The highest BCUT2D eigenvalue weighted by molar-refractivity contribution is 5.50. The van der Waals surface area contributed by atoms with E-state index in [-0.39, 0.29) is 0 Å². The normalized spacial score (nSPS) is 13.1. The smallest absolute Gasteiger partial charge is 0.0727 e. The van der Waals surface area contributed by atoms with E-state index in [1.54, 1.807) is 0 Å². The van der Waals surface area contributed by atoms with Crippen LogP contribution in [0.15, 0.2) is 78.9 Å². The third kappa shape index (κ3) is 5.25. The first-order chi connectivity index (χ1) is 9.84. The second-order valence-corrected chi connectivity index (χ2v) is 4.75. The molecule has 0 aliphatic carbocycles. The molecule has 0 aromatic heterocycles. The molecular formula is C19H20O. The molecule has 2 aromatic rings. The molecule has 1 atom stereocenters. The van der Waals surface area contributed by atoms with E-state index in [9.17, 15) is 5.11 Å². The van der Waals surface area contributed by atoms with Crippen LogP contribution < -0.4 is 0 Å². The van der Waals surface area contributed by atoms with Gasteiger partial charge in [-0.1, -0.05) is 85.0 Å². The van der Waals surface area contributed by atoms with Gasteiger partial charge in [-0.05, 0) is 24.0 Å². The largest absolute Gasteiger partial charge is 0.389 e. The quantitative estimate of drug-likeness (QED) is 0.773. The molecule has 2 rings (SSSR count). The van der Waals surface area contributed by atoms with Crippen molar-refractivity contribution < 1.29 is 5.11 Å². The van der Waals surface area contributed by atoms with E-state index in [2.05, 4.69) is 24.3 Å². The van der Waals surface area contributed by atoms with Crippen LogP contribution in [0.25, 0.3) is 6.08 Å². The second-order valence-electron chi connectivity index (χ2n) is 4.75. The van der Waals surface area contributed by atoms with Crippen LogP contribution in [0, 0.1) is 0 Å². The molecular weight excluding hydrogens is 244 g/mol. The molecule has 1 nitrogen and oxygen atoms in total. The average molecular weight is 264 g/mol. The maximum atomic E-state index is 9.89. The fraction of sp³-hybridized carbons (Fsp3) is 0.158. The first-order valence-electron chi connectivity index (χ1n) is 6.96. The number of aliphatic hydroxyl groups excluding tert-OH is 1. The lowest BCUT2D eigenvalue weighted by atomic mass is 10.1. The van der Waals surface area contributed by atoms with Crippen LogP contribution in [0.1, 0.15) is 17.5 Å². The van der Waals surface area contributed by atoms with E-state index in [0.717, 1.165) is 18.4 Å². The molecule has 0 saturated carbocycles. The first kappa shape index (κ1) is 14.3. The number of hydrogen-bond donors (Lipinski definition) is 1. The van der Waals surface area contributed by atoms with Crippen molar-refractivity contribution in [2.75, 3.05) is 0 Å². The van der Waals surface area contributed by atoms with Crippen LogP contribution in [-0.2, 0) is 6.42 Å². The monoisotopic (exact) mass is 264 g/mol. The molecule has 0 unspecified atom stereocenters. The van der Waals surface area contributed by atoms with Crippen LogP contribution in [-0.4, -0.2) is 11.2 Å². The van der Waals surface area contributed by atoms with Crippen molar-refractivity contribution >= 4 is 6.08 Å². The lowest BCUT2D eigenvalue weighted by molar-refractivity contribution is 0.213. The SMILES string of the molecule is O[C@@H](/C=C/C=C/c1ccccc1)CCc1ccccc1. The van der Waals surface area contributed by atoms with Gasteiger partial charge in [-0.15, -0.1) is 0 Å². The molecule has 0 radical (unpaired) electrons. The average Bonchev–Trinajstić information content (AvgIpc) is 2.52. The Morgan fingerprint density at radius 3 is 2.20 bits per heavy atom. The number of aryl methyl sites for hydroxylation is 1. The zero-order valence-corrected chi connectivity index (χ0v) is 11.5. The van der Waals surface area contributed by atoms with E-state index < -0.39 is 6.10 Å². The first-order valence-corrected chi connectivity index (χ1v) is 6.96. The topological polar surface area (TPSA) is 20.2 Å². The van der Waals surface area contributed by atoms with Crippen LogP contribution in [0.3, 0.4) is 0 Å². The van der Waals surface area contributed by atoms with Crippen LogP contribution >= 0.6 is 0 Å². The summed E-state index contributed by atoms with van der Waals surface area (Å²) in [7, 11) is 0. The summed E-state index contributed by atoms with van der Waals surface area (Å²) in [6.07, 6.45) is 8.98. The summed E-state index contributed by atoms with van der Waals surface area (Å²) in [6, 6.07) is 20.4. The molecule has 0 saturated heterocycles. The van der Waals surface area contributed by atoms with E-state index in [0.29, 0.717) is 0 Å². The van der Waals surface area contributed by atoms with Gasteiger partial charge in [0.05, 0.1) is 6.10 Å². The van der Waals surface area contributed by atoms with E-state index in [1.165, 1.54) is 5.56 Å². The summed E-state index contributed by atoms with van der Waals surface area (Å²) in [5, 5.41) is 9.89. The number of rotatable bonds is 6. The maximum absolute atomic E-state index is 9.89. The van der Waals surface area contributed by atoms with Crippen LogP contribution in [0.4, 0.5) is 0 Å². The van der Waals surface area contributed by atoms with Gasteiger partial charge in [-0.25, -0.2) is 0 Å². The highest BCUT2D eigenvalue weighted by Gasteiger charge is 1.99. The standard InChI is InChI=1S/C19H20O/c20-19(16-15-18-11-5-2-6-12-18)14-8-7-13-17-9-3-1-4-10-17/h1-14,19-20H,15-16H2/b13-7+,14-8+/t19-/m0/s1. The Morgan fingerprint density at radius 1 is 0.850 bits per heavy atom. The van der Waals surface area contributed by atoms with Gasteiger partial charge in [-0.2, -0.15) is 0 Å². The Hall–Kier alpha value is -2.12. The van der Waals surface area contributed by atoms with Gasteiger partial charge in [0.2, 0.25) is 0 Å². The summed E-state index contributed by atoms with van der Waals surface area (Å²) in [6.45, 7) is 0. The Morgan fingerprint density at radius 2 is 1.50 bits per heavy atom. The maximum Gasteiger partial charge on any atom is 0.0727 e. The number of benzene rings is 2. The molecule has 0 amide bonds. The van der Waals surface area contributed by atoms with Crippen LogP contribution in [0.5, 0.6) is 0 Å². The fourth-order valence-corrected chi connectivity index (χ4v) is 1.98. The van der Waals surface area contributed by atoms with Gasteiger partial charge in [0.15, 0.2) is 0 Å². The van der Waals surface area contributed by atoms with Crippen molar-refractivity contribution in [2.45, 2.75) is 18.9 Å². The molecule has 0 bridgehead atoms. The Balaban J connectivity index is 1.75. The van der Waals surface area contributed by atoms with Crippen molar-refractivity contribution in [3.8, 4) is 0 Å². The third-order valence-electron chi connectivity index (χ3n) is 3.10. The van der Waals surface area contributed by atoms with E-state index in [4.69, 9.17) is 0 Å². The molecule has 0 spiro atoms. The van der Waals surface area contributed by atoms with E-state index >= 15 is 0 Å². The number of allylic oxidation sites excluding steroid dienone is 2. The predicted octanol–water partition coefficient (Wildman–Crippen LogP) is 4.25. The van der Waals surface area contributed by atoms with Crippen molar-refractivity contribution in [2.24, 2.45) is 0 Å². The molecule has 2 aromatic carbocycles. The fourth-order valence-electron chi connectivity index (χ4n) is 1.98. The molecule has 0 heterocycles. The summed E-state index contributed by atoms with van der Waals surface area (Å²) in [4.78, 5) is 0. The number of aliphatic hydroxyl groups is 1. The minimum absolute atomic E-state index is 0.393. The summed E-state index contributed by atoms with van der Waals surface area (Å²) < 4.78 is 0. The van der Waals surface area contributed by atoms with Crippen molar-refractivity contribution in [1.82, 2.24) is 0 Å². The Kier molecular flexibility index (Phi) is 5.81. The van der Waals surface area contributed by atoms with Gasteiger partial charge in [0.25, 0.3) is 0 Å². The highest BCUT2D eigenvalue weighted by atomic mass is 16.3. The molecule has 1 heteroatoms. The zero-order chi connectivity index (χ0) is 14.0. The minimum atomic E-state index is -0.393. The summed E-state index contributed by atoms with van der Waals surface area (Å²) >= 11 is 0. The Bertz CT molecular complexity index is 540. The van der Waals surface area contributed by atoms with Gasteiger partial charge >= 0.3 is 0 Å². The summed E-state index contributed by atoms with van der Waals surface area (Å²) in [5.41, 5.74) is 2.43. The lowest BCUT2D eigenvalue weighted by Gasteiger charge is -2.04. The predicted molar refractivity (Wildman–Crippen MR) is 85.4 cm³/mol. The van der Waals surface area contributed by atoms with Crippen molar-refractivity contribution in [1.29, 1.82) is 0 Å². The van der Waals surface area contributed by atoms with Crippen molar-refractivity contribution in [3.05, 3.63) is 90.0 Å². The van der Waals surface area contributed by atoms with E-state index in [1.807, 2.05) is 60.7 Å². The summed E-state index contributed by atoms with van der Waals surface area (Å²) in [5.74, 6) is 0. The van der Waals surface area contributed by atoms with Crippen LogP contribution in [0.2, 0.25) is 0 Å². The minimum Gasteiger partial charge on any atom is -0.389 e. The third-order valence-corrected chi connectivity index (χ3v) is 3.10. The molecule has 0 aliphatic heterocycles. The van der Waals surface area contributed by atoms with Gasteiger partial charge < -0.3 is 5.11 Å². The molecule has 0 fully saturated rings. The molecule has 0 aliphatic rings. The molecule has 102 valence electrons. The van der Waals surface area contributed by atoms with Gasteiger partial charge in [-0.3, -0.25) is 0 Å². The van der Waals surface area contributed by atoms with Gasteiger partial charge in [0.1, 0.15) is 0 Å². The highest BCUT2D eigenvalue weighted by Crippen LogP contribution is 2.06. The van der Waals surface area contributed by atoms with Gasteiger partial charge in [0, 0.05) is 0 Å². The molecule has 20 heavy (non-hydrogen) atoms. The Labute approximate surface area is 120 Å². The number of hydrogen-bond acceptors (Lipinski definition) is 1. The zero-order valence-electron chi connectivity index (χ0n) is 11.5. The molecule has 1 N–H and O–H groups in total. The second kappa shape index (κ2) is 8.13. The lowest BCUT2D eigenvalue weighted by Crippen LogP contribution is -2.03.